The molecule has 2 amide bonds. The molecule has 212 valence electrons. The van der Waals surface area contributed by atoms with E-state index in [1.54, 1.807) is 13.0 Å². The number of aryl methyl sites for hydroxylation is 4. The molecule has 0 heterocycles. The van der Waals surface area contributed by atoms with Gasteiger partial charge in [0.2, 0.25) is 0 Å². The number of rotatable bonds is 9. The molecule has 0 atom stereocenters. The molecule has 13 nitrogen and oxygen atoms in total. The fourth-order valence-electron chi connectivity index (χ4n) is 3.52. The van der Waals surface area contributed by atoms with Gasteiger partial charge < -0.3 is 10.1 Å². The van der Waals surface area contributed by atoms with Crippen molar-refractivity contribution in [1.29, 1.82) is 10.5 Å². The van der Waals surface area contributed by atoms with E-state index in [9.17, 15) is 25.0 Å². The molecule has 0 saturated carbocycles. The van der Waals surface area contributed by atoms with Crippen molar-refractivity contribution >= 4 is 23.1 Å². The molecule has 0 saturated heterocycles. The third-order valence-electron chi connectivity index (χ3n) is 5.71. The summed E-state index contributed by atoms with van der Waals surface area (Å²) in [7, 11) is 0. The number of nitrogens with one attached hydrogen (secondary N) is 3. The van der Waals surface area contributed by atoms with Gasteiger partial charge in [-0.15, -0.1) is 0 Å². The Labute approximate surface area is 236 Å². The molecule has 0 aliphatic heterocycles. The zero-order chi connectivity index (χ0) is 30.5. The molecule has 0 aliphatic rings. The minimum Gasteiger partial charge on any atom is -0.493 e. The van der Waals surface area contributed by atoms with Crippen LogP contribution in [0, 0.1) is 70.6 Å². The second kappa shape index (κ2) is 15.0. The van der Waals surface area contributed by atoms with Crippen LogP contribution in [0.2, 0.25) is 0 Å². The number of non-ortho nitro benzene ring substituents is 1. The van der Waals surface area contributed by atoms with E-state index in [0.717, 1.165) is 22.9 Å². The molecule has 3 aromatic carbocycles. The predicted octanol–water partition coefficient (Wildman–Crippen LogP) is 5.26. The lowest BCUT2D eigenvalue weighted by atomic mass is 10.0. The van der Waals surface area contributed by atoms with Gasteiger partial charge in [0.1, 0.15) is 17.9 Å². The van der Waals surface area contributed by atoms with Crippen molar-refractivity contribution in [2.75, 3.05) is 18.6 Å². The van der Waals surface area contributed by atoms with E-state index in [1.807, 2.05) is 38.1 Å². The predicted molar refractivity (Wildman–Crippen MR) is 151 cm³/mol. The normalized spacial score (nSPS) is 9.71. The van der Waals surface area contributed by atoms with Crippen molar-refractivity contribution in [3.05, 3.63) is 102 Å². The number of nitro groups is 2. The first kappa shape index (κ1) is 31.5. The number of nitriles is 2. The van der Waals surface area contributed by atoms with E-state index in [4.69, 9.17) is 15.3 Å². The molecule has 0 unspecified atom stereocenters. The smallest absolute Gasteiger partial charge is 0.333 e. The molecular weight excluding hydrogens is 530 g/mol. The van der Waals surface area contributed by atoms with Crippen molar-refractivity contribution in [2.24, 2.45) is 0 Å². The van der Waals surface area contributed by atoms with E-state index >= 15 is 0 Å². The van der Waals surface area contributed by atoms with Crippen LogP contribution in [0.25, 0.3) is 0 Å². The molecule has 13 heteroatoms. The van der Waals surface area contributed by atoms with Crippen molar-refractivity contribution in [1.82, 2.24) is 10.7 Å². The van der Waals surface area contributed by atoms with Crippen molar-refractivity contribution in [3.63, 3.8) is 0 Å². The van der Waals surface area contributed by atoms with Crippen molar-refractivity contribution in [2.45, 2.75) is 34.1 Å². The van der Waals surface area contributed by atoms with E-state index < -0.39 is 15.9 Å². The Morgan fingerprint density at radius 2 is 1.56 bits per heavy atom. The number of carbonyl (C=O) groups excluding carboxylic acids is 1. The Morgan fingerprint density at radius 3 is 2.17 bits per heavy atom. The van der Waals surface area contributed by atoms with Crippen LogP contribution in [0.1, 0.15) is 39.8 Å². The van der Waals surface area contributed by atoms with E-state index in [-0.39, 0.29) is 16.9 Å². The zero-order valence-electron chi connectivity index (χ0n) is 23.0. The third-order valence-corrected chi connectivity index (χ3v) is 5.71. The van der Waals surface area contributed by atoms with Gasteiger partial charge in [-0.3, -0.25) is 31.1 Å². The van der Waals surface area contributed by atoms with Gasteiger partial charge in [0, 0.05) is 18.2 Å². The summed E-state index contributed by atoms with van der Waals surface area (Å²) in [6.45, 7) is 8.30. The number of ether oxygens (including phenoxy) is 1. The Bertz CT molecular complexity index is 1530. The number of amides is 2. The Kier molecular flexibility index (Phi) is 11.6. The Hall–Kier alpha value is -5.69. The fourth-order valence-corrected chi connectivity index (χ4v) is 3.52. The molecule has 3 aromatic rings. The first-order chi connectivity index (χ1) is 19.5. The number of carbonyl (C=O) groups is 1. The summed E-state index contributed by atoms with van der Waals surface area (Å²) in [5.74, 6) is 0.848. The van der Waals surface area contributed by atoms with Crippen LogP contribution in [0.3, 0.4) is 0 Å². The fraction of sp³-hybridized carbons (Fsp3) is 0.250. The van der Waals surface area contributed by atoms with Crippen LogP contribution in [-0.4, -0.2) is 29.0 Å². The maximum atomic E-state index is 11.9. The number of nitro benzene ring substituents is 2. The monoisotopic (exact) mass is 559 g/mol. The maximum Gasteiger partial charge on any atom is 0.333 e. The lowest BCUT2D eigenvalue weighted by Crippen LogP contribution is -2.39. The number of benzene rings is 3. The first-order valence-corrected chi connectivity index (χ1v) is 12.3. The first-order valence-electron chi connectivity index (χ1n) is 12.3. The van der Waals surface area contributed by atoms with Gasteiger partial charge in [-0.1, -0.05) is 17.7 Å². The van der Waals surface area contributed by atoms with Crippen molar-refractivity contribution in [3.8, 4) is 17.9 Å². The number of hydrogen-bond acceptors (Lipinski definition) is 9. The highest BCUT2D eigenvalue weighted by atomic mass is 16.6. The number of anilines is 1. The number of nitrogens with zero attached hydrogens (tertiary/aromatic N) is 4. The largest absolute Gasteiger partial charge is 0.493 e. The van der Waals surface area contributed by atoms with Gasteiger partial charge in [0.25, 0.3) is 11.4 Å². The summed E-state index contributed by atoms with van der Waals surface area (Å²) >= 11 is 0. The second-order valence-electron chi connectivity index (χ2n) is 8.90. The van der Waals surface area contributed by atoms with Gasteiger partial charge >= 0.3 is 6.03 Å². The van der Waals surface area contributed by atoms with Gasteiger partial charge in [-0.25, -0.2) is 4.79 Å². The van der Waals surface area contributed by atoms with E-state index in [0.29, 0.717) is 36.4 Å². The highest BCUT2D eigenvalue weighted by Gasteiger charge is 2.16. The lowest BCUT2D eigenvalue weighted by Gasteiger charge is -2.13. The summed E-state index contributed by atoms with van der Waals surface area (Å²) in [6.07, 6.45) is 0.662. The maximum absolute atomic E-state index is 11.9. The topological polar surface area (TPSA) is 196 Å². The van der Waals surface area contributed by atoms with Crippen molar-refractivity contribution < 1.29 is 19.4 Å². The summed E-state index contributed by atoms with van der Waals surface area (Å²) in [5, 5.41) is 41.5. The molecule has 3 rings (SSSR count). The molecule has 0 radical (unpaired) electrons. The number of urea groups is 1. The molecule has 0 bridgehead atoms. The highest BCUT2D eigenvalue weighted by molar-refractivity contribution is 5.76. The minimum absolute atomic E-state index is 0.228. The molecule has 0 aromatic heterocycles. The van der Waals surface area contributed by atoms with Gasteiger partial charge in [-0.05, 0) is 69.5 Å². The number of hydrazine groups is 1. The zero-order valence-corrected chi connectivity index (χ0v) is 23.0. The summed E-state index contributed by atoms with van der Waals surface area (Å²) in [4.78, 5) is 31.2. The summed E-state index contributed by atoms with van der Waals surface area (Å²) in [5.41, 5.74) is 9.34. The second-order valence-corrected chi connectivity index (χ2v) is 8.90. The summed E-state index contributed by atoms with van der Waals surface area (Å²) in [6, 6.07) is 16.2. The van der Waals surface area contributed by atoms with E-state index in [1.165, 1.54) is 30.7 Å². The molecular formula is C28H29N7O6. The minimum atomic E-state index is -0.660. The highest BCUT2D eigenvalue weighted by Crippen LogP contribution is 2.23. The molecule has 0 spiro atoms. The summed E-state index contributed by atoms with van der Waals surface area (Å²) < 4.78 is 5.72. The standard InChI is InChI=1S/C21H23N5O2.C7H6N2O4/c1-14-5-6-20(16(3)9-14)28-8-4-7-24-21(27)26-25-19-11-18(13-23)17(12-22)10-15(19)2;1-5-2-3-6(8(10)11)4-7(5)9(12)13/h5-6,9-11,25H,4,7-8H2,1-3H3,(H2,24,26,27);2-4H,1H3. The SMILES string of the molecule is Cc1ccc(OCCCNC(=O)NNc2cc(C#N)c(C#N)cc2C)c(C)c1.Cc1ccc([N+](=O)[O-])cc1[N+](=O)[O-]. The van der Waals surface area contributed by atoms with Crippen LogP contribution in [0.15, 0.2) is 48.5 Å². The average molecular weight is 560 g/mol. The van der Waals surface area contributed by atoms with Gasteiger partial charge in [0.15, 0.2) is 0 Å². The molecule has 41 heavy (non-hydrogen) atoms. The lowest BCUT2D eigenvalue weighted by molar-refractivity contribution is -0.394. The van der Waals surface area contributed by atoms with Crippen LogP contribution in [0.4, 0.5) is 21.9 Å². The van der Waals surface area contributed by atoms with Crippen LogP contribution in [0.5, 0.6) is 5.75 Å². The van der Waals surface area contributed by atoms with Crippen LogP contribution in [-0.2, 0) is 0 Å². The molecule has 0 aliphatic carbocycles. The van der Waals surface area contributed by atoms with E-state index in [2.05, 4.69) is 22.2 Å². The van der Waals surface area contributed by atoms with Crippen LogP contribution < -0.4 is 20.9 Å². The molecule has 0 fully saturated rings. The quantitative estimate of drug-likeness (QED) is 0.178. The molecule has 3 N–H and O–H groups in total. The van der Waals surface area contributed by atoms with Gasteiger partial charge in [0.05, 0.1) is 39.3 Å². The Morgan fingerprint density at radius 1 is 0.878 bits per heavy atom. The Balaban J connectivity index is 0.000000377. The third kappa shape index (κ3) is 9.53. The average Bonchev–Trinajstić information content (AvgIpc) is 2.93. The van der Waals surface area contributed by atoms with Gasteiger partial charge in [-0.2, -0.15) is 10.5 Å². The van der Waals surface area contributed by atoms with Crippen LogP contribution >= 0.6 is 0 Å². The number of hydrogen-bond donors (Lipinski definition) is 3.